The van der Waals surface area contributed by atoms with E-state index in [0.29, 0.717) is 11.2 Å². The number of nitrogens with zero attached hydrogens (tertiary/aromatic N) is 1. The molecule has 1 heterocycles. The van der Waals surface area contributed by atoms with Crippen molar-refractivity contribution in [3.8, 4) is 0 Å². The Balaban J connectivity index is 1.63. The van der Waals surface area contributed by atoms with Crippen LogP contribution in [0.25, 0.3) is 10.2 Å². The monoisotopic (exact) mass is 438 g/mol. The molecule has 154 valence electrons. The van der Waals surface area contributed by atoms with E-state index in [9.17, 15) is 13.2 Å². The molecule has 0 amide bonds. The third kappa shape index (κ3) is 4.23. The van der Waals surface area contributed by atoms with Crippen molar-refractivity contribution in [3.63, 3.8) is 0 Å². The molecule has 1 aromatic heterocycles. The van der Waals surface area contributed by atoms with Crippen LogP contribution in [0.5, 0.6) is 0 Å². The van der Waals surface area contributed by atoms with Gasteiger partial charge >= 0.3 is 4.87 Å². The summed E-state index contributed by atoms with van der Waals surface area (Å²) in [4.78, 5) is 12.6. The summed E-state index contributed by atoms with van der Waals surface area (Å²) in [6.07, 6.45) is 0. The second kappa shape index (κ2) is 8.18. The molecule has 30 heavy (non-hydrogen) atoms. The van der Waals surface area contributed by atoms with Crippen LogP contribution in [0, 0.1) is 6.92 Å². The Morgan fingerprint density at radius 1 is 1.00 bits per heavy atom. The highest BCUT2D eigenvalue weighted by Crippen LogP contribution is 2.24. The molecule has 0 spiro atoms. The summed E-state index contributed by atoms with van der Waals surface area (Å²) in [6, 6.07) is 21.9. The van der Waals surface area contributed by atoms with Gasteiger partial charge in [0.2, 0.25) is 10.0 Å². The molecule has 0 saturated carbocycles. The van der Waals surface area contributed by atoms with Gasteiger partial charge in [-0.1, -0.05) is 71.5 Å². The second-order valence-corrected chi connectivity index (χ2v) is 10.0. The van der Waals surface area contributed by atoms with Gasteiger partial charge < -0.3 is 0 Å². The van der Waals surface area contributed by atoms with Gasteiger partial charge in [0, 0.05) is 6.04 Å². The fourth-order valence-electron chi connectivity index (χ4n) is 3.35. The highest BCUT2D eigenvalue weighted by molar-refractivity contribution is 7.89. The Kier molecular flexibility index (Phi) is 5.60. The van der Waals surface area contributed by atoms with Gasteiger partial charge in [-0.25, -0.2) is 13.1 Å². The van der Waals surface area contributed by atoms with Gasteiger partial charge in [0.1, 0.15) is 0 Å². The zero-order chi connectivity index (χ0) is 21.3. The van der Waals surface area contributed by atoms with Crippen LogP contribution in [-0.2, 0) is 16.6 Å². The largest absolute Gasteiger partial charge is 0.308 e. The number of aromatic nitrogens is 1. The summed E-state index contributed by atoms with van der Waals surface area (Å²) in [5.74, 6) is 0. The van der Waals surface area contributed by atoms with Crippen LogP contribution in [0.15, 0.2) is 82.5 Å². The van der Waals surface area contributed by atoms with Crippen LogP contribution in [0.3, 0.4) is 0 Å². The summed E-state index contributed by atoms with van der Waals surface area (Å²) in [7, 11) is -3.73. The molecule has 7 heteroatoms. The summed E-state index contributed by atoms with van der Waals surface area (Å²) in [5, 5.41) is 0. The Bertz CT molecular complexity index is 1340. The first-order valence-electron chi connectivity index (χ1n) is 9.60. The number of thiazole rings is 1. The lowest BCUT2D eigenvalue weighted by Gasteiger charge is -2.15. The van der Waals surface area contributed by atoms with Crippen molar-refractivity contribution in [1.82, 2.24) is 9.29 Å². The fourth-order valence-corrected chi connectivity index (χ4v) is 5.62. The number of benzene rings is 3. The molecule has 1 unspecified atom stereocenters. The lowest BCUT2D eigenvalue weighted by atomic mass is 10.1. The lowest BCUT2D eigenvalue weighted by Crippen LogP contribution is -2.26. The highest BCUT2D eigenvalue weighted by atomic mass is 32.2. The fraction of sp³-hybridized carbons (Fsp3) is 0.174. The first kappa shape index (κ1) is 20.5. The average Bonchev–Trinajstić information content (AvgIpc) is 3.03. The predicted octanol–water partition coefficient (Wildman–Crippen LogP) is 4.46. The molecular formula is C23H22N2O3S2. The quantitative estimate of drug-likeness (QED) is 0.483. The summed E-state index contributed by atoms with van der Waals surface area (Å²) in [6.45, 7) is 4.26. The maximum Gasteiger partial charge on any atom is 0.308 e. The van der Waals surface area contributed by atoms with E-state index in [2.05, 4.69) is 4.72 Å². The predicted molar refractivity (Wildman–Crippen MR) is 122 cm³/mol. The van der Waals surface area contributed by atoms with E-state index < -0.39 is 10.0 Å². The van der Waals surface area contributed by atoms with Crippen molar-refractivity contribution in [2.75, 3.05) is 0 Å². The van der Waals surface area contributed by atoms with Crippen molar-refractivity contribution in [2.45, 2.75) is 31.3 Å². The smallest absolute Gasteiger partial charge is 0.294 e. The number of rotatable bonds is 6. The van der Waals surface area contributed by atoms with Crippen LogP contribution in [0.2, 0.25) is 0 Å². The average molecular weight is 439 g/mol. The second-order valence-electron chi connectivity index (χ2n) is 7.32. The van der Waals surface area contributed by atoms with Gasteiger partial charge in [-0.2, -0.15) is 0 Å². The Morgan fingerprint density at radius 3 is 2.40 bits per heavy atom. The van der Waals surface area contributed by atoms with Gasteiger partial charge in [0.25, 0.3) is 0 Å². The van der Waals surface area contributed by atoms with Crippen LogP contribution in [0.4, 0.5) is 0 Å². The number of fused-ring (bicyclic) bond motifs is 1. The zero-order valence-corrected chi connectivity index (χ0v) is 18.3. The summed E-state index contributed by atoms with van der Waals surface area (Å²) >= 11 is 1.06. The SMILES string of the molecule is Cc1ccc(C(C)NS(=O)(=O)c2ccc3c(c2)sc(=O)n3Cc2ccccc2)cc1. The third-order valence-corrected chi connectivity index (χ3v) is 7.52. The number of hydrogen-bond acceptors (Lipinski definition) is 4. The molecule has 4 rings (SSSR count). The lowest BCUT2D eigenvalue weighted by molar-refractivity contribution is 0.567. The molecular weight excluding hydrogens is 416 g/mol. The van der Waals surface area contributed by atoms with Gasteiger partial charge in [-0.3, -0.25) is 9.36 Å². The number of aryl methyl sites for hydroxylation is 1. The number of hydrogen-bond donors (Lipinski definition) is 1. The van der Waals surface area contributed by atoms with E-state index >= 15 is 0 Å². The minimum absolute atomic E-state index is 0.107. The van der Waals surface area contributed by atoms with Crippen LogP contribution < -0.4 is 9.60 Å². The van der Waals surface area contributed by atoms with Crippen molar-refractivity contribution >= 4 is 31.6 Å². The molecule has 0 bridgehead atoms. The van der Waals surface area contributed by atoms with Gasteiger partial charge in [-0.05, 0) is 43.2 Å². The summed E-state index contributed by atoms with van der Waals surface area (Å²) < 4.78 is 30.9. The van der Waals surface area contributed by atoms with Crippen LogP contribution >= 0.6 is 11.3 Å². The van der Waals surface area contributed by atoms with E-state index in [1.165, 1.54) is 0 Å². The number of sulfonamides is 1. The Hall–Kier alpha value is -2.74. The Labute approximate surface area is 179 Å². The maximum atomic E-state index is 12.9. The minimum atomic E-state index is -3.73. The molecule has 5 nitrogen and oxygen atoms in total. The van der Waals surface area contributed by atoms with E-state index in [1.807, 2.05) is 68.4 Å². The van der Waals surface area contributed by atoms with Gasteiger partial charge in [0.05, 0.1) is 21.7 Å². The molecule has 0 radical (unpaired) electrons. The summed E-state index contributed by atoms with van der Waals surface area (Å²) in [5.41, 5.74) is 3.77. The van der Waals surface area contributed by atoms with E-state index in [-0.39, 0.29) is 15.8 Å². The molecule has 1 atom stereocenters. The number of nitrogens with one attached hydrogen (secondary N) is 1. The van der Waals surface area contributed by atoms with E-state index in [4.69, 9.17) is 0 Å². The van der Waals surface area contributed by atoms with Crippen molar-refractivity contribution < 1.29 is 8.42 Å². The first-order valence-corrected chi connectivity index (χ1v) is 11.9. The van der Waals surface area contributed by atoms with Gasteiger partial charge in [0.15, 0.2) is 0 Å². The minimum Gasteiger partial charge on any atom is -0.294 e. The van der Waals surface area contributed by atoms with E-state index in [0.717, 1.165) is 33.5 Å². The molecule has 0 fully saturated rings. The zero-order valence-electron chi connectivity index (χ0n) is 16.7. The molecule has 0 saturated heterocycles. The van der Waals surface area contributed by atoms with Crippen molar-refractivity contribution in [1.29, 1.82) is 0 Å². The topological polar surface area (TPSA) is 68.2 Å². The van der Waals surface area contributed by atoms with Gasteiger partial charge in [-0.15, -0.1) is 0 Å². The van der Waals surface area contributed by atoms with Crippen LogP contribution in [0.1, 0.15) is 29.7 Å². The molecule has 0 aliphatic heterocycles. The first-order chi connectivity index (χ1) is 14.3. The highest BCUT2D eigenvalue weighted by Gasteiger charge is 2.20. The molecule has 1 N–H and O–H groups in total. The van der Waals surface area contributed by atoms with E-state index in [1.54, 1.807) is 22.8 Å². The molecule has 0 aliphatic rings. The molecule has 0 aliphatic carbocycles. The molecule has 4 aromatic rings. The molecule has 3 aromatic carbocycles. The van der Waals surface area contributed by atoms with Crippen LogP contribution in [-0.4, -0.2) is 13.0 Å². The maximum absolute atomic E-state index is 12.9. The normalized spacial score (nSPS) is 12.9. The van der Waals surface area contributed by atoms with Crippen molar-refractivity contribution in [2.24, 2.45) is 0 Å². The standard InChI is InChI=1S/C23H22N2O3S2/c1-16-8-10-19(11-9-16)17(2)24-30(27,28)20-12-13-21-22(14-20)29-23(26)25(21)15-18-6-4-3-5-7-18/h3-14,17,24H,15H2,1-2H3. The van der Waals surface area contributed by atoms with Crippen molar-refractivity contribution in [3.05, 3.63) is 99.2 Å². The Morgan fingerprint density at radius 2 is 1.70 bits per heavy atom. The third-order valence-electron chi connectivity index (χ3n) is 5.04.